The Balaban J connectivity index is 1.13. The first-order chi connectivity index (χ1) is 15.5. The van der Waals surface area contributed by atoms with Crippen LogP contribution in [0, 0.1) is 17.8 Å². The largest absolute Gasteiger partial charge is 0.329 e. The normalized spacial score (nSPS) is 36.1. The van der Waals surface area contributed by atoms with Crippen molar-refractivity contribution in [2.75, 3.05) is 0 Å². The van der Waals surface area contributed by atoms with Crippen LogP contribution in [0.15, 0.2) is 30.5 Å². The number of hydrogen-bond donors (Lipinski definition) is 2. The van der Waals surface area contributed by atoms with Gasteiger partial charge in [0.05, 0.1) is 0 Å². The lowest BCUT2D eigenvalue weighted by Gasteiger charge is -2.35. The number of nitrogens with zero attached hydrogens (tertiary/aromatic N) is 1. The van der Waals surface area contributed by atoms with E-state index in [1.807, 2.05) is 6.07 Å². The van der Waals surface area contributed by atoms with Crippen molar-refractivity contribution in [1.82, 2.24) is 15.5 Å². The second-order valence-electron chi connectivity index (χ2n) is 11.0. The molecule has 1 aromatic rings. The van der Waals surface area contributed by atoms with Crippen molar-refractivity contribution < 1.29 is 9.59 Å². The summed E-state index contributed by atoms with van der Waals surface area (Å²) < 4.78 is 0. The molecule has 6 rings (SSSR count). The summed E-state index contributed by atoms with van der Waals surface area (Å²) >= 11 is 0. The third-order valence-electron chi connectivity index (χ3n) is 8.80. The van der Waals surface area contributed by atoms with Gasteiger partial charge in [-0.3, -0.25) is 9.59 Å². The van der Waals surface area contributed by atoms with Gasteiger partial charge in [0.2, 0.25) is 5.91 Å². The molecule has 2 aliphatic heterocycles. The van der Waals surface area contributed by atoms with Gasteiger partial charge in [-0.15, -0.1) is 0 Å². The zero-order valence-corrected chi connectivity index (χ0v) is 18.9. The number of carbonyl (C=O) groups excluding carboxylic acids is 2. The maximum absolute atomic E-state index is 13.0. The number of amides is 2. The van der Waals surface area contributed by atoms with Crippen LogP contribution in [0.5, 0.6) is 0 Å². The number of piperidine rings is 1. The highest BCUT2D eigenvalue weighted by Crippen LogP contribution is 2.52. The van der Waals surface area contributed by atoms with Crippen LogP contribution in [0.25, 0.3) is 0 Å². The van der Waals surface area contributed by atoms with E-state index in [0.717, 1.165) is 47.5 Å². The zero-order valence-electron chi connectivity index (χ0n) is 18.9. The van der Waals surface area contributed by atoms with Crippen LogP contribution in [0.3, 0.4) is 0 Å². The van der Waals surface area contributed by atoms with E-state index in [1.54, 1.807) is 4.90 Å². The topological polar surface area (TPSA) is 61.4 Å². The second-order valence-corrected chi connectivity index (χ2v) is 11.0. The van der Waals surface area contributed by atoms with Crippen LogP contribution in [0.4, 0.5) is 0 Å². The summed E-state index contributed by atoms with van der Waals surface area (Å²) in [7, 11) is 0. The summed E-state index contributed by atoms with van der Waals surface area (Å²) in [5.74, 6) is 2.63. The molecule has 5 atom stereocenters. The lowest BCUT2D eigenvalue weighted by atomic mass is 9.80. The monoisotopic (exact) mass is 433 g/mol. The van der Waals surface area contributed by atoms with E-state index in [0.29, 0.717) is 24.9 Å². The van der Waals surface area contributed by atoms with E-state index in [9.17, 15) is 9.59 Å². The van der Waals surface area contributed by atoms with E-state index in [1.165, 1.54) is 50.5 Å². The van der Waals surface area contributed by atoms with Gasteiger partial charge in [-0.1, -0.05) is 31.6 Å². The maximum Gasteiger partial charge on any atom is 0.255 e. The van der Waals surface area contributed by atoms with Crippen molar-refractivity contribution in [3.63, 3.8) is 0 Å². The molecule has 2 amide bonds. The number of allylic oxidation sites excluding steroid dienone is 1. The van der Waals surface area contributed by atoms with Crippen molar-refractivity contribution in [2.45, 2.75) is 88.9 Å². The Labute approximate surface area is 191 Å². The molecule has 0 aromatic heterocycles. The highest BCUT2D eigenvalue weighted by molar-refractivity contribution is 6.01. The summed E-state index contributed by atoms with van der Waals surface area (Å²) in [6.07, 6.45) is 12.0. The lowest BCUT2D eigenvalue weighted by molar-refractivity contribution is -0.126. The third-order valence-corrected chi connectivity index (χ3v) is 8.80. The molecule has 32 heavy (non-hydrogen) atoms. The molecule has 170 valence electrons. The fourth-order valence-corrected chi connectivity index (χ4v) is 6.96. The van der Waals surface area contributed by atoms with Crippen molar-refractivity contribution in [2.24, 2.45) is 17.8 Å². The van der Waals surface area contributed by atoms with E-state index in [2.05, 4.69) is 29.3 Å². The van der Waals surface area contributed by atoms with Crippen LogP contribution < -0.4 is 10.6 Å². The lowest BCUT2D eigenvalue weighted by Crippen LogP contribution is -2.49. The van der Waals surface area contributed by atoms with E-state index < -0.39 is 0 Å². The molecule has 0 radical (unpaired) electrons. The molecule has 4 fully saturated rings. The minimum Gasteiger partial charge on any atom is -0.329 e. The van der Waals surface area contributed by atoms with E-state index in [-0.39, 0.29) is 17.9 Å². The van der Waals surface area contributed by atoms with Crippen molar-refractivity contribution >= 4 is 11.8 Å². The van der Waals surface area contributed by atoms with Gasteiger partial charge >= 0.3 is 0 Å². The van der Waals surface area contributed by atoms with E-state index in [4.69, 9.17) is 0 Å². The highest BCUT2D eigenvalue weighted by atomic mass is 16.2. The fourth-order valence-electron chi connectivity index (χ4n) is 6.96. The van der Waals surface area contributed by atoms with Crippen LogP contribution >= 0.6 is 0 Å². The SMILES string of the molecule is C=C1CCC(N2Cc3cc(C[C@H]4CCCC[C@@H]4NC4CC5CC5C4)ccc3C2=O)C(=O)N1. The Kier molecular flexibility index (Phi) is 5.13. The van der Waals surface area contributed by atoms with Gasteiger partial charge in [0.1, 0.15) is 6.04 Å². The number of hydrogen-bond acceptors (Lipinski definition) is 3. The Bertz CT molecular complexity index is 946. The van der Waals surface area contributed by atoms with Gasteiger partial charge in [-0.25, -0.2) is 0 Å². The molecule has 2 N–H and O–H groups in total. The van der Waals surface area contributed by atoms with Crippen LogP contribution in [0.1, 0.15) is 79.3 Å². The fraction of sp³-hybridized carbons (Fsp3) is 0.630. The molecule has 0 bridgehead atoms. The average Bonchev–Trinajstić information content (AvgIpc) is 3.25. The van der Waals surface area contributed by atoms with Crippen molar-refractivity contribution in [3.8, 4) is 0 Å². The summed E-state index contributed by atoms with van der Waals surface area (Å²) in [4.78, 5) is 27.2. The molecule has 1 aromatic carbocycles. The first kappa shape index (κ1) is 20.5. The first-order valence-corrected chi connectivity index (χ1v) is 12.7. The quantitative estimate of drug-likeness (QED) is 0.740. The van der Waals surface area contributed by atoms with Gasteiger partial charge in [0, 0.05) is 29.9 Å². The minimum atomic E-state index is -0.381. The van der Waals surface area contributed by atoms with Gasteiger partial charge in [0.15, 0.2) is 0 Å². The van der Waals surface area contributed by atoms with Crippen LogP contribution in [-0.4, -0.2) is 34.8 Å². The van der Waals surface area contributed by atoms with Crippen molar-refractivity contribution in [1.29, 1.82) is 0 Å². The molecule has 5 nitrogen and oxygen atoms in total. The molecule has 1 saturated heterocycles. The molecule has 3 unspecified atom stereocenters. The Morgan fingerprint density at radius 2 is 1.88 bits per heavy atom. The third kappa shape index (κ3) is 3.79. The van der Waals surface area contributed by atoms with E-state index >= 15 is 0 Å². The Morgan fingerprint density at radius 3 is 2.69 bits per heavy atom. The first-order valence-electron chi connectivity index (χ1n) is 12.7. The number of carbonyl (C=O) groups is 2. The summed E-state index contributed by atoms with van der Waals surface area (Å²) in [5.41, 5.74) is 3.95. The highest BCUT2D eigenvalue weighted by Gasteiger charge is 2.46. The molecular formula is C27H35N3O2. The molecule has 3 aliphatic carbocycles. The van der Waals surface area contributed by atoms with Crippen molar-refractivity contribution in [3.05, 3.63) is 47.2 Å². The molecule has 2 heterocycles. The molecular weight excluding hydrogens is 398 g/mol. The number of fused-ring (bicyclic) bond motifs is 2. The summed E-state index contributed by atoms with van der Waals surface area (Å²) in [5, 5.41) is 6.88. The van der Waals surface area contributed by atoms with Gasteiger partial charge in [-0.2, -0.15) is 0 Å². The summed E-state index contributed by atoms with van der Waals surface area (Å²) in [6.45, 7) is 4.40. The van der Waals surface area contributed by atoms with Gasteiger partial charge < -0.3 is 15.5 Å². The molecule has 5 heteroatoms. The predicted octanol–water partition coefficient (Wildman–Crippen LogP) is 3.92. The van der Waals surface area contributed by atoms with Crippen LogP contribution in [0.2, 0.25) is 0 Å². The Morgan fingerprint density at radius 1 is 1.06 bits per heavy atom. The number of rotatable bonds is 5. The zero-order chi connectivity index (χ0) is 21.8. The average molecular weight is 434 g/mol. The second kappa shape index (κ2) is 8.02. The molecule has 0 spiro atoms. The van der Waals surface area contributed by atoms with Gasteiger partial charge in [-0.05, 0) is 86.3 Å². The predicted molar refractivity (Wildman–Crippen MR) is 124 cm³/mol. The maximum atomic E-state index is 13.0. The smallest absolute Gasteiger partial charge is 0.255 e. The molecule has 5 aliphatic rings. The van der Waals surface area contributed by atoms with Gasteiger partial charge in [0.25, 0.3) is 5.91 Å². The Hall–Kier alpha value is -2.14. The molecule has 3 saturated carbocycles. The number of nitrogens with one attached hydrogen (secondary N) is 2. The minimum absolute atomic E-state index is 0.00350. The van der Waals surface area contributed by atoms with Crippen LogP contribution in [-0.2, 0) is 17.8 Å². The number of benzene rings is 1. The summed E-state index contributed by atoms with van der Waals surface area (Å²) in [6, 6.07) is 7.39. The standard InChI is InChI=1S/C27H35N3O2/c1-16-6-9-25(26(31)28-16)30-15-21-11-17(7-8-23(21)27(30)32)10-18-4-2-3-5-24(18)29-22-13-19-12-20(19)14-22/h7-8,11,18-20,22,24-25,29H,1-6,9-10,12-15H2,(H,28,31)/t18-,19?,20?,22?,24+,25?/m1/s1.